The van der Waals surface area contributed by atoms with Crippen LogP contribution in [0.2, 0.25) is 0 Å². The van der Waals surface area contributed by atoms with Crippen LogP contribution in [0.4, 0.5) is 4.39 Å². The summed E-state index contributed by atoms with van der Waals surface area (Å²) in [6, 6.07) is 17.4. The summed E-state index contributed by atoms with van der Waals surface area (Å²) in [4.78, 5) is 22.9. The molecule has 1 amide bonds. The van der Waals surface area contributed by atoms with Crippen molar-refractivity contribution in [3.63, 3.8) is 0 Å². The monoisotopic (exact) mass is 389 g/mol. The lowest BCUT2D eigenvalue weighted by molar-refractivity contribution is 0.0673. The van der Waals surface area contributed by atoms with Crippen molar-refractivity contribution in [2.45, 2.75) is 18.8 Å². The lowest BCUT2D eigenvalue weighted by atomic mass is 9.97. The number of aromatic amines is 1. The zero-order chi connectivity index (χ0) is 19.8. The molecule has 6 heteroatoms. The van der Waals surface area contributed by atoms with E-state index in [2.05, 4.69) is 4.98 Å². The zero-order valence-corrected chi connectivity index (χ0v) is 15.8. The van der Waals surface area contributed by atoms with Gasteiger partial charge in [0.1, 0.15) is 17.4 Å². The summed E-state index contributed by atoms with van der Waals surface area (Å²) in [6.07, 6.45) is 1.90. The quantitative estimate of drug-likeness (QED) is 0.537. The predicted molar refractivity (Wildman–Crippen MR) is 108 cm³/mol. The van der Waals surface area contributed by atoms with Gasteiger partial charge in [-0.25, -0.2) is 9.37 Å². The molecular weight excluding hydrogens is 369 g/mol. The minimum atomic E-state index is -0.304. The van der Waals surface area contributed by atoms with E-state index in [-0.39, 0.29) is 17.6 Å². The maximum absolute atomic E-state index is 13.1. The summed E-state index contributed by atoms with van der Waals surface area (Å²) in [6.45, 7) is 1.30. The van der Waals surface area contributed by atoms with Crippen molar-refractivity contribution >= 4 is 16.9 Å². The Morgan fingerprint density at radius 3 is 2.76 bits per heavy atom. The Morgan fingerprint density at radius 2 is 1.93 bits per heavy atom. The average Bonchev–Trinajstić information content (AvgIpc) is 3.41. The molecule has 2 aromatic heterocycles. The molecule has 1 aliphatic rings. The molecule has 0 bridgehead atoms. The van der Waals surface area contributed by atoms with Crippen LogP contribution in [0.25, 0.3) is 22.4 Å². The summed E-state index contributed by atoms with van der Waals surface area (Å²) in [5.74, 6) is 1.52. The first-order valence-electron chi connectivity index (χ1n) is 9.77. The number of piperidine rings is 1. The maximum Gasteiger partial charge on any atom is 0.289 e. The molecule has 0 saturated carbocycles. The molecule has 0 spiro atoms. The number of aromatic nitrogens is 2. The first-order chi connectivity index (χ1) is 14.2. The molecule has 3 heterocycles. The SMILES string of the molecule is O=C(c1ccc(-c2ccc(F)cc2)o1)N1CCCC(c2nc3ccccc3[nH]2)C1. The van der Waals surface area contributed by atoms with Crippen LogP contribution >= 0.6 is 0 Å². The Balaban J connectivity index is 1.34. The summed E-state index contributed by atoms with van der Waals surface area (Å²) in [5, 5.41) is 0. The Bertz CT molecular complexity index is 1130. The molecule has 4 aromatic rings. The van der Waals surface area contributed by atoms with Gasteiger partial charge in [0.25, 0.3) is 5.91 Å². The van der Waals surface area contributed by atoms with E-state index in [9.17, 15) is 9.18 Å². The molecule has 1 unspecified atom stereocenters. The fraction of sp³-hybridized carbons (Fsp3) is 0.217. The first kappa shape index (κ1) is 17.7. The molecule has 1 saturated heterocycles. The van der Waals surface area contributed by atoms with Crippen LogP contribution in [0, 0.1) is 5.82 Å². The van der Waals surface area contributed by atoms with Crippen LogP contribution in [-0.2, 0) is 0 Å². The van der Waals surface area contributed by atoms with Gasteiger partial charge >= 0.3 is 0 Å². The van der Waals surface area contributed by atoms with E-state index < -0.39 is 0 Å². The van der Waals surface area contributed by atoms with E-state index in [1.807, 2.05) is 29.2 Å². The van der Waals surface area contributed by atoms with Gasteiger partial charge in [-0.3, -0.25) is 4.79 Å². The second kappa shape index (κ2) is 7.20. The van der Waals surface area contributed by atoms with E-state index in [0.29, 0.717) is 24.6 Å². The lowest BCUT2D eigenvalue weighted by Gasteiger charge is -2.31. The standard InChI is InChI=1S/C23H20FN3O2/c24-17-9-7-15(8-10-17)20-11-12-21(29-20)23(28)27-13-3-4-16(14-27)22-25-18-5-1-2-6-19(18)26-22/h1-2,5-12,16H,3-4,13-14H2,(H,25,26). The van der Waals surface area contributed by atoms with Crippen LogP contribution in [0.15, 0.2) is 65.1 Å². The Kier molecular flexibility index (Phi) is 4.39. The van der Waals surface area contributed by atoms with Crippen molar-refractivity contribution in [1.82, 2.24) is 14.9 Å². The third-order valence-corrected chi connectivity index (χ3v) is 5.45. The smallest absolute Gasteiger partial charge is 0.289 e. The highest BCUT2D eigenvalue weighted by atomic mass is 19.1. The van der Waals surface area contributed by atoms with Crippen LogP contribution in [-0.4, -0.2) is 33.9 Å². The molecule has 1 atom stereocenters. The number of hydrogen-bond acceptors (Lipinski definition) is 3. The summed E-state index contributed by atoms with van der Waals surface area (Å²) in [7, 11) is 0. The number of fused-ring (bicyclic) bond motifs is 1. The summed E-state index contributed by atoms with van der Waals surface area (Å²) in [5.41, 5.74) is 2.70. The number of carbonyl (C=O) groups excluding carboxylic acids is 1. The fourth-order valence-corrected chi connectivity index (χ4v) is 3.93. The fourth-order valence-electron chi connectivity index (χ4n) is 3.93. The largest absolute Gasteiger partial charge is 0.451 e. The second-order valence-electron chi connectivity index (χ2n) is 7.40. The number of nitrogens with zero attached hydrogens (tertiary/aromatic N) is 2. The number of nitrogens with one attached hydrogen (secondary N) is 1. The molecule has 1 fully saturated rings. The van der Waals surface area contributed by atoms with Gasteiger partial charge in [-0.2, -0.15) is 0 Å². The number of H-pyrrole nitrogens is 1. The maximum atomic E-state index is 13.1. The number of likely N-dealkylation sites (tertiary alicyclic amines) is 1. The normalized spacial score (nSPS) is 17.0. The number of halogens is 1. The van der Waals surface area contributed by atoms with E-state index in [4.69, 9.17) is 9.40 Å². The first-order valence-corrected chi connectivity index (χ1v) is 9.77. The molecule has 146 valence electrons. The minimum Gasteiger partial charge on any atom is -0.451 e. The highest BCUT2D eigenvalue weighted by molar-refractivity contribution is 5.92. The molecule has 5 nitrogen and oxygen atoms in total. The molecule has 0 aliphatic carbocycles. The molecule has 1 aliphatic heterocycles. The zero-order valence-electron chi connectivity index (χ0n) is 15.8. The van der Waals surface area contributed by atoms with E-state index in [1.54, 1.807) is 24.3 Å². The number of rotatable bonds is 3. The van der Waals surface area contributed by atoms with Crippen LogP contribution in [0.1, 0.15) is 35.1 Å². The topological polar surface area (TPSA) is 62.1 Å². The third-order valence-electron chi connectivity index (χ3n) is 5.45. The number of carbonyl (C=O) groups is 1. The van der Waals surface area contributed by atoms with Crippen molar-refractivity contribution in [3.8, 4) is 11.3 Å². The van der Waals surface area contributed by atoms with Crippen molar-refractivity contribution in [3.05, 3.63) is 78.1 Å². The van der Waals surface area contributed by atoms with Gasteiger partial charge < -0.3 is 14.3 Å². The number of amides is 1. The van der Waals surface area contributed by atoms with Gasteiger partial charge in [-0.1, -0.05) is 12.1 Å². The van der Waals surface area contributed by atoms with Crippen LogP contribution in [0.5, 0.6) is 0 Å². The van der Waals surface area contributed by atoms with Crippen molar-refractivity contribution in [1.29, 1.82) is 0 Å². The Labute approximate surface area is 167 Å². The number of hydrogen-bond donors (Lipinski definition) is 1. The van der Waals surface area contributed by atoms with Gasteiger partial charge in [0, 0.05) is 24.6 Å². The predicted octanol–water partition coefficient (Wildman–Crippen LogP) is 4.98. The van der Waals surface area contributed by atoms with E-state index in [0.717, 1.165) is 35.3 Å². The summed E-state index contributed by atoms with van der Waals surface area (Å²) >= 11 is 0. The van der Waals surface area contributed by atoms with E-state index >= 15 is 0 Å². The summed E-state index contributed by atoms with van der Waals surface area (Å²) < 4.78 is 18.9. The van der Waals surface area contributed by atoms with Crippen molar-refractivity contribution in [2.75, 3.05) is 13.1 Å². The minimum absolute atomic E-state index is 0.126. The molecular formula is C23H20FN3O2. The van der Waals surface area contributed by atoms with Crippen molar-refractivity contribution in [2.24, 2.45) is 0 Å². The molecule has 29 heavy (non-hydrogen) atoms. The number of benzene rings is 2. The van der Waals surface area contributed by atoms with E-state index in [1.165, 1.54) is 12.1 Å². The highest BCUT2D eigenvalue weighted by Crippen LogP contribution is 2.29. The average molecular weight is 389 g/mol. The number of imidazole rings is 1. The Hall–Kier alpha value is -3.41. The molecule has 0 radical (unpaired) electrons. The number of para-hydroxylation sites is 2. The van der Waals surface area contributed by atoms with Crippen LogP contribution < -0.4 is 0 Å². The number of furan rings is 1. The van der Waals surface area contributed by atoms with Crippen molar-refractivity contribution < 1.29 is 13.6 Å². The second-order valence-corrected chi connectivity index (χ2v) is 7.40. The van der Waals surface area contributed by atoms with Gasteiger partial charge in [0.2, 0.25) is 0 Å². The van der Waals surface area contributed by atoms with Crippen LogP contribution in [0.3, 0.4) is 0 Å². The third kappa shape index (κ3) is 3.42. The molecule has 2 aromatic carbocycles. The highest BCUT2D eigenvalue weighted by Gasteiger charge is 2.28. The van der Waals surface area contributed by atoms with Gasteiger partial charge in [-0.15, -0.1) is 0 Å². The molecule has 1 N–H and O–H groups in total. The van der Waals surface area contributed by atoms with Gasteiger partial charge in [0.15, 0.2) is 5.76 Å². The van der Waals surface area contributed by atoms with Gasteiger partial charge in [0.05, 0.1) is 11.0 Å². The molecule has 5 rings (SSSR count). The lowest BCUT2D eigenvalue weighted by Crippen LogP contribution is -2.39. The Morgan fingerprint density at radius 1 is 1.10 bits per heavy atom. The van der Waals surface area contributed by atoms with Gasteiger partial charge in [-0.05, 0) is 61.4 Å².